The van der Waals surface area contributed by atoms with Gasteiger partial charge in [0.1, 0.15) is 17.1 Å². The summed E-state index contributed by atoms with van der Waals surface area (Å²) in [7, 11) is 3.28. The first-order valence-corrected chi connectivity index (χ1v) is 11.6. The average molecular weight is 464 g/mol. The highest BCUT2D eigenvalue weighted by Crippen LogP contribution is 2.35. The number of anilines is 1. The highest BCUT2D eigenvalue weighted by atomic mass is 16.5. The Balaban J connectivity index is 1.83. The number of hydrogen-bond acceptors (Lipinski definition) is 6. The van der Waals surface area contributed by atoms with E-state index in [0.717, 1.165) is 41.4 Å². The monoisotopic (exact) mass is 463 g/mol. The van der Waals surface area contributed by atoms with Crippen LogP contribution >= 0.6 is 0 Å². The van der Waals surface area contributed by atoms with Crippen LogP contribution in [-0.4, -0.2) is 48.5 Å². The zero-order valence-corrected chi connectivity index (χ0v) is 20.6. The second-order valence-electron chi connectivity index (χ2n) is 9.07. The Morgan fingerprint density at radius 2 is 1.59 bits per heavy atom. The van der Waals surface area contributed by atoms with Gasteiger partial charge in [0.2, 0.25) is 0 Å². The van der Waals surface area contributed by atoms with Gasteiger partial charge in [-0.15, -0.1) is 0 Å². The van der Waals surface area contributed by atoms with Crippen molar-refractivity contribution in [1.29, 1.82) is 0 Å². The molecule has 1 aliphatic rings. The average Bonchev–Trinajstić information content (AvgIpc) is 3.53. The highest BCUT2D eigenvalue weighted by molar-refractivity contribution is 5.84. The molecule has 0 atom stereocenters. The largest absolute Gasteiger partial charge is 0.497 e. The molecule has 7 nitrogen and oxygen atoms in total. The van der Waals surface area contributed by atoms with Crippen molar-refractivity contribution in [2.45, 2.75) is 45.8 Å². The summed E-state index contributed by atoms with van der Waals surface area (Å²) < 4.78 is 18.9. The number of ketones is 1. The predicted molar refractivity (Wildman–Crippen MR) is 133 cm³/mol. The van der Waals surface area contributed by atoms with Crippen molar-refractivity contribution >= 4 is 11.5 Å². The molecule has 7 heteroatoms. The van der Waals surface area contributed by atoms with Gasteiger partial charge >= 0.3 is 0 Å². The Bertz CT molecular complexity index is 1140. The Hall–Kier alpha value is -3.32. The fraction of sp³-hybridized carbons (Fsp3) is 0.407. The van der Waals surface area contributed by atoms with Crippen LogP contribution in [0.4, 0.5) is 5.69 Å². The fourth-order valence-corrected chi connectivity index (χ4v) is 4.07. The number of methoxy groups -OCH3 is 2. The molecule has 0 N–H and O–H groups in total. The number of ether oxygens (including phenoxy) is 3. The number of carbonyl (C=O) groups excluding carboxylic acids is 1. The summed E-state index contributed by atoms with van der Waals surface area (Å²) >= 11 is 0. The molecular weight excluding hydrogens is 430 g/mol. The number of rotatable bonds is 9. The number of para-hydroxylation sites is 2. The van der Waals surface area contributed by atoms with E-state index in [1.807, 2.05) is 35.0 Å². The van der Waals surface area contributed by atoms with E-state index in [0.29, 0.717) is 11.5 Å². The molecule has 1 fully saturated rings. The van der Waals surface area contributed by atoms with Crippen LogP contribution in [0.3, 0.4) is 0 Å². The summed E-state index contributed by atoms with van der Waals surface area (Å²) in [5.74, 6) is 1.37. The lowest BCUT2D eigenvalue weighted by Crippen LogP contribution is -2.32. The summed E-state index contributed by atoms with van der Waals surface area (Å²) in [6.45, 7) is 7.39. The van der Waals surface area contributed by atoms with Gasteiger partial charge < -0.3 is 19.1 Å². The van der Waals surface area contributed by atoms with Crippen molar-refractivity contribution in [2.24, 2.45) is 0 Å². The molecule has 0 unspecified atom stereocenters. The first-order valence-electron chi connectivity index (χ1n) is 11.6. The van der Waals surface area contributed by atoms with Crippen LogP contribution in [0.15, 0.2) is 48.5 Å². The predicted octanol–water partition coefficient (Wildman–Crippen LogP) is 5.04. The standard InChI is InChI=1S/C27H33N3O4/c1-19(31)27(2,3)34-18-21-16-26(20-14-22(32-4)17-23(15-20)33-5)30(28-21)25-11-7-6-10-24(25)29-12-8-9-13-29/h6-7,10-11,14-17H,8-9,12-13,18H2,1-5H3. The summed E-state index contributed by atoms with van der Waals surface area (Å²) in [5.41, 5.74) is 3.81. The number of benzene rings is 2. The normalized spacial score (nSPS) is 13.9. The molecule has 0 saturated carbocycles. The topological polar surface area (TPSA) is 65.8 Å². The number of aromatic nitrogens is 2. The van der Waals surface area contributed by atoms with Gasteiger partial charge in [0, 0.05) is 24.7 Å². The van der Waals surface area contributed by atoms with Crippen LogP contribution in [0.2, 0.25) is 0 Å². The van der Waals surface area contributed by atoms with Gasteiger partial charge in [-0.25, -0.2) is 4.68 Å². The van der Waals surface area contributed by atoms with Gasteiger partial charge in [-0.3, -0.25) is 4.79 Å². The zero-order chi connectivity index (χ0) is 24.3. The zero-order valence-electron chi connectivity index (χ0n) is 20.6. The van der Waals surface area contributed by atoms with E-state index in [9.17, 15) is 4.79 Å². The molecule has 1 aromatic heterocycles. The van der Waals surface area contributed by atoms with Gasteiger partial charge in [0.25, 0.3) is 0 Å². The lowest BCUT2D eigenvalue weighted by atomic mass is 10.1. The molecule has 1 aliphatic heterocycles. The van der Waals surface area contributed by atoms with Crippen LogP contribution in [0.1, 0.15) is 39.3 Å². The summed E-state index contributed by atoms with van der Waals surface area (Å²) in [5, 5.41) is 4.93. The minimum atomic E-state index is -0.878. The van der Waals surface area contributed by atoms with E-state index >= 15 is 0 Å². The quantitative estimate of drug-likeness (QED) is 0.443. The number of nitrogens with zero attached hydrogens (tertiary/aromatic N) is 3. The molecular formula is C27H33N3O4. The lowest BCUT2D eigenvalue weighted by Gasteiger charge is -2.22. The molecule has 4 rings (SSSR count). The fourth-order valence-electron chi connectivity index (χ4n) is 4.07. The molecule has 0 radical (unpaired) electrons. The maximum absolute atomic E-state index is 12.0. The van der Waals surface area contributed by atoms with Crippen molar-refractivity contribution in [3.05, 3.63) is 54.2 Å². The summed E-state index contributed by atoms with van der Waals surface area (Å²) in [6.07, 6.45) is 2.37. The molecule has 0 aliphatic carbocycles. The van der Waals surface area contributed by atoms with Crippen molar-refractivity contribution in [2.75, 3.05) is 32.2 Å². The molecule has 0 bridgehead atoms. The summed E-state index contributed by atoms with van der Waals surface area (Å²) in [4.78, 5) is 14.4. The van der Waals surface area contributed by atoms with Crippen molar-refractivity contribution in [3.8, 4) is 28.4 Å². The SMILES string of the molecule is COc1cc(OC)cc(-c2cc(COC(C)(C)C(C)=O)nn2-c2ccccc2N2CCCC2)c1. The number of Topliss-reactive ketones (excluding diaryl/α,β-unsaturated/α-hetero) is 1. The second kappa shape index (κ2) is 9.89. The minimum Gasteiger partial charge on any atom is -0.497 e. The van der Waals surface area contributed by atoms with Gasteiger partial charge in [0.05, 0.1) is 43.6 Å². The van der Waals surface area contributed by atoms with E-state index in [2.05, 4.69) is 23.1 Å². The van der Waals surface area contributed by atoms with E-state index in [1.54, 1.807) is 35.0 Å². The molecule has 0 amide bonds. The maximum atomic E-state index is 12.0. The van der Waals surface area contributed by atoms with Crippen LogP contribution < -0.4 is 14.4 Å². The van der Waals surface area contributed by atoms with Crippen LogP contribution in [0.25, 0.3) is 16.9 Å². The van der Waals surface area contributed by atoms with Crippen molar-refractivity contribution < 1.29 is 19.0 Å². The first-order chi connectivity index (χ1) is 16.3. The second-order valence-corrected chi connectivity index (χ2v) is 9.07. The van der Waals surface area contributed by atoms with Crippen molar-refractivity contribution in [1.82, 2.24) is 9.78 Å². The Morgan fingerprint density at radius 1 is 0.971 bits per heavy atom. The van der Waals surface area contributed by atoms with E-state index < -0.39 is 5.60 Å². The number of hydrogen-bond donors (Lipinski definition) is 0. The van der Waals surface area contributed by atoms with Gasteiger partial charge in [-0.1, -0.05) is 12.1 Å². The van der Waals surface area contributed by atoms with Crippen LogP contribution in [0.5, 0.6) is 11.5 Å². The van der Waals surface area contributed by atoms with Gasteiger partial charge in [0.15, 0.2) is 5.78 Å². The van der Waals surface area contributed by atoms with E-state index in [4.69, 9.17) is 19.3 Å². The Labute approximate surface area is 201 Å². The van der Waals surface area contributed by atoms with Crippen LogP contribution in [0, 0.1) is 0 Å². The van der Waals surface area contributed by atoms with Gasteiger partial charge in [-0.05, 0) is 63.9 Å². The molecule has 1 saturated heterocycles. The first kappa shape index (κ1) is 23.8. The number of carbonyl (C=O) groups is 1. The molecule has 34 heavy (non-hydrogen) atoms. The molecule has 2 aromatic carbocycles. The van der Waals surface area contributed by atoms with E-state index in [-0.39, 0.29) is 12.4 Å². The maximum Gasteiger partial charge on any atom is 0.161 e. The van der Waals surface area contributed by atoms with Crippen LogP contribution in [-0.2, 0) is 16.1 Å². The smallest absolute Gasteiger partial charge is 0.161 e. The third-order valence-electron chi connectivity index (χ3n) is 6.39. The Kier molecular flexibility index (Phi) is 6.93. The highest BCUT2D eigenvalue weighted by Gasteiger charge is 2.26. The molecule has 2 heterocycles. The third kappa shape index (κ3) is 4.94. The molecule has 3 aromatic rings. The van der Waals surface area contributed by atoms with Gasteiger partial charge in [-0.2, -0.15) is 5.10 Å². The minimum absolute atomic E-state index is 0.0240. The lowest BCUT2D eigenvalue weighted by molar-refractivity contribution is -0.139. The Morgan fingerprint density at radius 3 is 2.18 bits per heavy atom. The summed E-state index contributed by atoms with van der Waals surface area (Å²) in [6, 6.07) is 16.1. The molecule has 180 valence electrons. The van der Waals surface area contributed by atoms with E-state index in [1.165, 1.54) is 12.8 Å². The third-order valence-corrected chi connectivity index (χ3v) is 6.39. The molecule has 0 spiro atoms. The van der Waals surface area contributed by atoms with Crippen molar-refractivity contribution in [3.63, 3.8) is 0 Å².